The normalized spacial score (nSPS) is 33.2. The molecule has 1 aromatic carbocycles. The Hall–Kier alpha value is -2.43. The topological polar surface area (TPSA) is 96.2 Å². The minimum Gasteiger partial charge on any atom is -0.504 e. The maximum absolute atomic E-state index is 13.4. The van der Waals surface area contributed by atoms with Crippen LogP contribution in [0.5, 0.6) is 11.5 Å². The van der Waals surface area contributed by atoms with Crippen molar-refractivity contribution in [2.45, 2.75) is 67.7 Å². The Morgan fingerprint density at radius 2 is 2.18 bits per heavy atom. The second kappa shape index (κ2) is 8.53. The van der Waals surface area contributed by atoms with Crippen molar-refractivity contribution in [2.24, 2.45) is 5.92 Å². The number of hydrogen-bond donors (Lipinski definition) is 1. The molecule has 3 fully saturated rings. The summed E-state index contributed by atoms with van der Waals surface area (Å²) in [5.41, 5.74) is -0.231. The molecule has 1 aromatic heterocycles. The third kappa shape index (κ3) is 3.26. The number of thiophene rings is 1. The Morgan fingerprint density at radius 1 is 1.37 bits per heavy atom. The van der Waals surface area contributed by atoms with Gasteiger partial charge in [0.2, 0.25) is 5.91 Å². The van der Waals surface area contributed by atoms with Crippen LogP contribution in [-0.4, -0.2) is 69.6 Å². The zero-order chi connectivity index (χ0) is 26.4. The molecule has 7 rings (SSSR count). The fraction of sp³-hybridized carbons (Fsp3) is 0.536. The van der Waals surface area contributed by atoms with E-state index in [-0.39, 0.29) is 28.7 Å². The molecule has 5 atom stereocenters. The van der Waals surface area contributed by atoms with E-state index < -0.39 is 17.1 Å². The Morgan fingerprint density at radius 3 is 2.89 bits per heavy atom. The van der Waals surface area contributed by atoms with Gasteiger partial charge < -0.3 is 14.7 Å². The van der Waals surface area contributed by atoms with Gasteiger partial charge in [0.05, 0.1) is 12.1 Å². The number of likely N-dealkylation sites (N-methyl/N-ethyl adjacent to an activating group) is 1. The van der Waals surface area contributed by atoms with Crippen LogP contribution in [0.15, 0.2) is 34.1 Å². The summed E-state index contributed by atoms with van der Waals surface area (Å²) in [5, 5.41) is 26.1. The van der Waals surface area contributed by atoms with E-state index in [9.17, 15) is 20.0 Å². The smallest absolute Gasteiger partial charge is 0.251 e. The highest BCUT2D eigenvalue weighted by atomic mass is 79.9. The number of halogens is 1. The van der Waals surface area contributed by atoms with Crippen LogP contribution in [-0.2, 0) is 16.6 Å². The summed E-state index contributed by atoms with van der Waals surface area (Å²) < 4.78 is 7.54. The molecule has 5 aliphatic rings. The van der Waals surface area contributed by atoms with Gasteiger partial charge >= 0.3 is 0 Å². The molecule has 10 heteroatoms. The largest absolute Gasteiger partial charge is 0.504 e. The molecule has 1 saturated heterocycles. The number of piperidine rings is 1. The van der Waals surface area contributed by atoms with E-state index >= 15 is 0 Å². The third-order valence-corrected chi connectivity index (χ3v) is 11.5. The number of carbonyl (C=O) groups excluding carboxylic acids is 1. The summed E-state index contributed by atoms with van der Waals surface area (Å²) in [6.07, 6.45) is 7.21. The average molecular weight is 601 g/mol. The molecule has 1 amide bonds. The van der Waals surface area contributed by atoms with E-state index in [1.165, 1.54) is 12.8 Å². The lowest BCUT2D eigenvalue weighted by Crippen LogP contribution is -2.80. The van der Waals surface area contributed by atoms with Crippen molar-refractivity contribution >= 4 is 39.2 Å². The van der Waals surface area contributed by atoms with Crippen LogP contribution in [0.4, 0.5) is 0 Å². The summed E-state index contributed by atoms with van der Waals surface area (Å²) >= 11 is 4.99. The standard InChI is InChI=1S/C28H30BrN3O5S/c1-30(23(34)7-5-19-13-18(29)15-38-19)20-8-9-28(32(35)36)22-12-17-4-6-21(33)25-24(17)27(28,26(20)37-25)10-11-31(22)14-16-2-3-16/h4-7,13,15-16,20,22,26,33H,2-3,8-12,14H2,1H3/b7-5+/t20-,22-,26+,27+,28-/m1/s1. The first-order valence-electron chi connectivity index (χ1n) is 13.4. The highest BCUT2D eigenvalue weighted by Crippen LogP contribution is 2.67. The first-order chi connectivity index (χ1) is 18.3. The van der Waals surface area contributed by atoms with Crippen molar-refractivity contribution < 1.29 is 19.6 Å². The van der Waals surface area contributed by atoms with Gasteiger partial charge in [0, 0.05) is 51.3 Å². The fourth-order valence-electron chi connectivity index (χ4n) is 8.08. The molecule has 200 valence electrons. The number of phenolic OH excluding ortho intramolecular Hbond substituents is 1. The van der Waals surface area contributed by atoms with Crippen molar-refractivity contribution in [3.05, 3.63) is 60.2 Å². The van der Waals surface area contributed by atoms with Crippen LogP contribution in [0.3, 0.4) is 0 Å². The van der Waals surface area contributed by atoms with E-state index in [1.807, 2.05) is 17.5 Å². The quantitative estimate of drug-likeness (QED) is 0.296. The molecular formula is C28H30BrN3O5S. The molecule has 1 N–H and O–H groups in total. The lowest BCUT2D eigenvalue weighted by molar-refractivity contribution is -0.606. The van der Waals surface area contributed by atoms with Gasteiger partial charge in [-0.1, -0.05) is 6.07 Å². The Kier molecular flexibility index (Phi) is 5.52. The second-order valence-corrected chi connectivity index (χ2v) is 13.5. The lowest BCUT2D eigenvalue weighted by atomic mass is 9.46. The number of phenols is 1. The van der Waals surface area contributed by atoms with Gasteiger partial charge in [-0.05, 0) is 84.3 Å². The number of hydrogen-bond acceptors (Lipinski definition) is 7. The number of likely N-dealkylation sites (tertiary alicyclic amines) is 1. The minimum atomic E-state index is -1.21. The van der Waals surface area contributed by atoms with Crippen LogP contribution < -0.4 is 4.74 Å². The van der Waals surface area contributed by atoms with E-state index in [2.05, 4.69) is 20.8 Å². The highest BCUT2D eigenvalue weighted by molar-refractivity contribution is 9.10. The van der Waals surface area contributed by atoms with Crippen molar-refractivity contribution in [3.63, 3.8) is 0 Å². The third-order valence-electron chi connectivity index (χ3n) is 9.88. The molecule has 2 saturated carbocycles. The van der Waals surface area contributed by atoms with Crippen LogP contribution in [0.2, 0.25) is 0 Å². The predicted molar refractivity (Wildman–Crippen MR) is 147 cm³/mol. The first-order valence-corrected chi connectivity index (χ1v) is 15.0. The molecule has 3 heterocycles. The zero-order valence-corrected chi connectivity index (χ0v) is 23.5. The molecular weight excluding hydrogens is 570 g/mol. The molecule has 2 bridgehead atoms. The average Bonchev–Trinajstić information content (AvgIpc) is 3.51. The SMILES string of the molecule is CN(C(=O)/C=C/c1cc(Br)cs1)[C@@H]1CC[C@@]2([N+](=O)[O-])[C@H]3Cc4ccc(O)c5c4[C@@]2(CCN3CC2CC2)[C@H]1O5. The Balaban J connectivity index is 1.31. The number of rotatable bonds is 6. The number of ether oxygens (including phenoxy) is 1. The molecule has 0 unspecified atom stereocenters. The van der Waals surface area contributed by atoms with Gasteiger partial charge in [-0.25, -0.2) is 0 Å². The van der Waals surface area contributed by atoms with Gasteiger partial charge in [-0.2, -0.15) is 0 Å². The van der Waals surface area contributed by atoms with Crippen LogP contribution >= 0.6 is 27.3 Å². The minimum absolute atomic E-state index is 0.0121. The van der Waals surface area contributed by atoms with Gasteiger partial charge in [-0.3, -0.25) is 19.8 Å². The number of amides is 1. The van der Waals surface area contributed by atoms with E-state index in [1.54, 1.807) is 41.5 Å². The van der Waals surface area contributed by atoms with Crippen LogP contribution in [0.25, 0.3) is 6.08 Å². The number of carbonyl (C=O) groups is 1. The molecule has 0 radical (unpaired) electrons. The molecule has 2 aromatic rings. The summed E-state index contributed by atoms with van der Waals surface area (Å²) in [6.45, 7) is 1.68. The Labute approximate surface area is 233 Å². The summed E-state index contributed by atoms with van der Waals surface area (Å²) in [7, 11) is 1.77. The number of benzene rings is 1. The summed E-state index contributed by atoms with van der Waals surface area (Å²) in [5.74, 6) is 0.891. The number of nitro groups is 1. The fourth-order valence-corrected chi connectivity index (χ4v) is 9.41. The van der Waals surface area contributed by atoms with Gasteiger partial charge in [0.15, 0.2) is 11.5 Å². The summed E-state index contributed by atoms with van der Waals surface area (Å²) in [6, 6.07) is 4.98. The van der Waals surface area contributed by atoms with E-state index in [0.717, 1.165) is 33.6 Å². The monoisotopic (exact) mass is 599 g/mol. The van der Waals surface area contributed by atoms with Crippen molar-refractivity contribution in [1.82, 2.24) is 9.80 Å². The van der Waals surface area contributed by atoms with Crippen molar-refractivity contribution in [1.29, 1.82) is 0 Å². The summed E-state index contributed by atoms with van der Waals surface area (Å²) in [4.78, 5) is 31.7. The molecule has 1 spiro atoms. The molecule has 38 heavy (non-hydrogen) atoms. The lowest BCUT2D eigenvalue weighted by Gasteiger charge is -2.61. The number of nitrogens with zero attached hydrogens (tertiary/aromatic N) is 3. The zero-order valence-electron chi connectivity index (χ0n) is 21.1. The highest BCUT2D eigenvalue weighted by Gasteiger charge is 2.80. The van der Waals surface area contributed by atoms with Crippen molar-refractivity contribution in [2.75, 3.05) is 20.1 Å². The van der Waals surface area contributed by atoms with Gasteiger partial charge in [0.25, 0.3) is 5.54 Å². The van der Waals surface area contributed by atoms with Gasteiger partial charge in [-0.15, -0.1) is 11.3 Å². The maximum atomic E-state index is 13.4. The molecule has 3 aliphatic carbocycles. The second-order valence-electron chi connectivity index (χ2n) is 11.6. The first kappa shape index (κ1) is 24.6. The van der Waals surface area contributed by atoms with E-state index in [0.29, 0.717) is 37.4 Å². The maximum Gasteiger partial charge on any atom is 0.251 e. The predicted octanol–water partition coefficient (Wildman–Crippen LogP) is 4.61. The van der Waals surface area contributed by atoms with Crippen LogP contribution in [0, 0.1) is 16.0 Å². The van der Waals surface area contributed by atoms with Crippen LogP contribution in [0.1, 0.15) is 48.1 Å². The Bertz CT molecular complexity index is 1370. The number of aromatic hydroxyl groups is 1. The molecule has 8 nitrogen and oxygen atoms in total. The van der Waals surface area contributed by atoms with Crippen molar-refractivity contribution in [3.8, 4) is 11.5 Å². The van der Waals surface area contributed by atoms with Gasteiger partial charge in [0.1, 0.15) is 11.5 Å². The van der Waals surface area contributed by atoms with E-state index in [4.69, 9.17) is 4.74 Å². The molecule has 2 aliphatic heterocycles.